The molecule has 0 aromatic carbocycles. The third-order valence-electron chi connectivity index (χ3n) is 0.571. The summed E-state index contributed by atoms with van der Waals surface area (Å²) in [5.74, 6) is 0. The molecule has 0 spiro atoms. The minimum Gasteiger partial charge on any atom is -0.394 e. The van der Waals surface area contributed by atoms with Gasteiger partial charge in [-0.05, 0) is 0 Å². The first kappa shape index (κ1) is 17.9. The monoisotopic (exact) mass is 224 g/mol. The molecule has 0 saturated heterocycles. The van der Waals surface area contributed by atoms with Gasteiger partial charge in [-0.2, -0.15) is 0 Å². The predicted octanol–water partition coefficient (Wildman–Crippen LogP) is 0.343. The van der Waals surface area contributed by atoms with E-state index in [2.05, 4.69) is 13.2 Å². The Kier molecular flexibility index (Phi) is 33.5. The van der Waals surface area contributed by atoms with Crippen LogP contribution in [0.4, 0.5) is 0 Å². The van der Waals surface area contributed by atoms with Crippen LogP contribution >= 0.6 is 0 Å². The number of aliphatic hydroxyl groups excluding tert-OH is 2. The van der Waals surface area contributed by atoms with Crippen molar-refractivity contribution in [2.24, 2.45) is 0 Å². The Morgan fingerprint density at radius 2 is 1.33 bits per heavy atom. The van der Waals surface area contributed by atoms with Gasteiger partial charge in [-0.25, -0.2) is 0 Å². The normalized spacial score (nSPS) is 7.17. The second kappa shape index (κ2) is 22.4. The van der Waals surface area contributed by atoms with Gasteiger partial charge in [-0.15, -0.1) is 13.2 Å². The predicted molar refractivity (Wildman–Crippen MR) is 45.4 cm³/mol. The molecule has 2 N–H and O–H groups in total. The third-order valence-corrected chi connectivity index (χ3v) is 0.571. The van der Waals surface area contributed by atoms with Crippen LogP contribution in [0.15, 0.2) is 25.3 Å². The fourth-order valence-electron chi connectivity index (χ4n) is 0.235. The first-order valence-corrected chi connectivity index (χ1v) is 3.34. The Morgan fingerprint density at radius 1 is 1.00 bits per heavy atom. The van der Waals surface area contributed by atoms with Crippen LogP contribution in [0.2, 0.25) is 0 Å². The molecule has 0 saturated carbocycles. The van der Waals surface area contributed by atoms with Crippen LogP contribution in [-0.4, -0.2) is 36.6 Å². The smallest absolute Gasteiger partial charge is 0.0662 e. The van der Waals surface area contributed by atoms with Crippen LogP contribution in [0.3, 0.4) is 0 Å². The molecule has 0 radical (unpaired) electrons. The summed E-state index contributed by atoms with van der Waals surface area (Å²) >= 11 is 0. The average Bonchev–Trinajstić information content (AvgIpc) is 2.06. The summed E-state index contributed by atoms with van der Waals surface area (Å²) < 4.78 is 4.90. The van der Waals surface area contributed by atoms with Crippen LogP contribution in [0.25, 0.3) is 0 Å². The summed E-state index contributed by atoms with van der Waals surface area (Å²) in [5, 5.41) is 15.2. The number of ether oxygens (including phenoxy) is 1. The molecule has 0 aromatic heterocycles. The Labute approximate surface area is 86.5 Å². The van der Waals surface area contributed by atoms with Gasteiger partial charge in [0.15, 0.2) is 0 Å². The zero-order valence-electron chi connectivity index (χ0n) is 7.41. The van der Waals surface area contributed by atoms with Crippen LogP contribution in [0.5, 0.6) is 0 Å². The van der Waals surface area contributed by atoms with Crippen LogP contribution in [-0.2, 0) is 24.2 Å². The van der Waals surface area contributed by atoms with Crippen LogP contribution < -0.4 is 0 Å². The first-order valence-electron chi connectivity index (χ1n) is 3.34. The summed E-state index contributed by atoms with van der Waals surface area (Å²) in [6, 6.07) is 0. The van der Waals surface area contributed by atoms with E-state index in [0.717, 1.165) is 0 Å². The third kappa shape index (κ3) is 32.4. The molecule has 0 aromatic rings. The van der Waals surface area contributed by atoms with Gasteiger partial charge in [0.2, 0.25) is 0 Å². The van der Waals surface area contributed by atoms with E-state index in [1.807, 2.05) is 0 Å². The molecule has 0 bridgehead atoms. The van der Waals surface area contributed by atoms with Crippen molar-refractivity contribution in [3.63, 3.8) is 0 Å². The first-order chi connectivity index (χ1) is 5.33. The van der Waals surface area contributed by atoms with Crippen molar-refractivity contribution in [1.82, 2.24) is 0 Å². The quantitative estimate of drug-likeness (QED) is 0.403. The zero-order chi connectivity index (χ0) is 8.95. The molecule has 0 fully saturated rings. The van der Waals surface area contributed by atoms with Crippen molar-refractivity contribution in [3.8, 4) is 0 Å². The van der Waals surface area contributed by atoms with Crippen molar-refractivity contribution < 1.29 is 34.4 Å². The fraction of sp³-hybridized carbons (Fsp3) is 0.500. The number of aliphatic hydroxyl groups is 2. The fourth-order valence-corrected chi connectivity index (χ4v) is 0.235. The van der Waals surface area contributed by atoms with E-state index in [9.17, 15) is 0 Å². The Balaban J connectivity index is -0.000000142. The molecular weight excluding hydrogens is 209 g/mol. The molecule has 0 aliphatic carbocycles. The van der Waals surface area contributed by atoms with Gasteiger partial charge in [0.1, 0.15) is 0 Å². The summed E-state index contributed by atoms with van der Waals surface area (Å²) in [6.07, 6.45) is 3.42. The van der Waals surface area contributed by atoms with Gasteiger partial charge in [0.05, 0.1) is 26.4 Å². The molecule has 0 aliphatic rings. The molecule has 0 rings (SSSR count). The van der Waals surface area contributed by atoms with E-state index >= 15 is 0 Å². The topological polar surface area (TPSA) is 49.7 Å². The summed E-state index contributed by atoms with van der Waals surface area (Å²) in [5.41, 5.74) is 0. The second-order valence-electron chi connectivity index (χ2n) is 1.56. The average molecular weight is 226 g/mol. The van der Waals surface area contributed by atoms with Gasteiger partial charge < -0.3 is 14.9 Å². The maximum absolute atomic E-state index is 7.62. The largest absolute Gasteiger partial charge is 0.394 e. The Morgan fingerprint density at radius 3 is 1.50 bits per heavy atom. The van der Waals surface area contributed by atoms with E-state index in [0.29, 0.717) is 13.2 Å². The molecule has 0 aliphatic heterocycles. The summed E-state index contributed by atoms with van der Waals surface area (Å²) in [7, 11) is 0. The maximum atomic E-state index is 7.62. The summed E-state index contributed by atoms with van der Waals surface area (Å²) in [6.45, 7) is 7.93. The van der Waals surface area contributed by atoms with E-state index in [1.165, 1.54) is 0 Å². The molecule has 0 unspecified atom stereocenters. The van der Waals surface area contributed by atoms with Gasteiger partial charge in [-0.3, -0.25) is 0 Å². The Bertz CT molecular complexity index is 76.4. The van der Waals surface area contributed by atoms with E-state index in [-0.39, 0.29) is 32.7 Å². The molecule has 12 heavy (non-hydrogen) atoms. The van der Waals surface area contributed by atoms with Crippen molar-refractivity contribution in [3.05, 3.63) is 25.3 Å². The van der Waals surface area contributed by atoms with E-state index in [4.69, 9.17) is 14.9 Å². The molecule has 0 atom stereocenters. The van der Waals surface area contributed by atoms with Gasteiger partial charge in [0, 0.05) is 19.5 Å². The number of hydrogen-bond donors (Lipinski definition) is 2. The molecular formula is C8H16O3Zn. The van der Waals surface area contributed by atoms with Gasteiger partial charge in [0.25, 0.3) is 0 Å². The standard InChI is InChI=1S/C6H10O.C2H6O2.Zn/c1-3-5-7-6-4-2;3-1-2-4;/h3-4H,1-2,5-6H2;3-4H,1-2H2;. The SMILES string of the molecule is C=CCOCC=C.OCCO.[Zn]. The minimum atomic E-state index is -0.125. The van der Waals surface area contributed by atoms with Crippen LogP contribution in [0.1, 0.15) is 0 Å². The second-order valence-corrected chi connectivity index (χ2v) is 1.56. The van der Waals surface area contributed by atoms with Crippen molar-refractivity contribution in [2.45, 2.75) is 0 Å². The molecule has 3 nitrogen and oxygen atoms in total. The molecule has 68 valence electrons. The van der Waals surface area contributed by atoms with E-state index in [1.54, 1.807) is 12.2 Å². The Hall–Kier alpha value is -0.0166. The molecule has 0 amide bonds. The number of hydrogen-bond acceptors (Lipinski definition) is 3. The van der Waals surface area contributed by atoms with Crippen molar-refractivity contribution >= 4 is 0 Å². The minimum absolute atomic E-state index is 0. The van der Waals surface area contributed by atoms with Crippen LogP contribution in [0, 0.1) is 0 Å². The summed E-state index contributed by atoms with van der Waals surface area (Å²) in [4.78, 5) is 0. The maximum Gasteiger partial charge on any atom is 0.0662 e. The van der Waals surface area contributed by atoms with Gasteiger partial charge in [-0.1, -0.05) is 12.2 Å². The number of rotatable bonds is 5. The van der Waals surface area contributed by atoms with Crippen molar-refractivity contribution in [2.75, 3.05) is 26.4 Å². The zero-order valence-corrected chi connectivity index (χ0v) is 10.4. The molecule has 0 heterocycles. The molecule has 4 heteroatoms. The van der Waals surface area contributed by atoms with Crippen molar-refractivity contribution in [1.29, 1.82) is 0 Å². The van der Waals surface area contributed by atoms with Gasteiger partial charge >= 0.3 is 0 Å². The van der Waals surface area contributed by atoms with E-state index < -0.39 is 0 Å².